The summed E-state index contributed by atoms with van der Waals surface area (Å²) >= 11 is 0. The average Bonchev–Trinajstić information content (AvgIpc) is 2.40. The van der Waals surface area contributed by atoms with E-state index in [4.69, 9.17) is 5.84 Å². The Labute approximate surface area is 68.3 Å². The number of hydrogen-bond acceptors (Lipinski definition) is 5. The Bertz CT molecular complexity index is 210. The van der Waals surface area contributed by atoms with Gasteiger partial charge in [-0.15, -0.1) is 17.5 Å². The Balaban J connectivity index is 0.000001000. The molecule has 0 unspecified atom stereocenters. The molecule has 62 valence electrons. The van der Waals surface area contributed by atoms with Gasteiger partial charge in [-0.3, -0.25) is 10.2 Å². The van der Waals surface area contributed by atoms with Gasteiger partial charge in [0.1, 0.15) is 12.9 Å². The number of hydrogen-bond donors (Lipinski definition) is 2. The van der Waals surface area contributed by atoms with Crippen molar-refractivity contribution in [3.05, 3.63) is 6.33 Å². The second kappa shape index (κ2) is 4.58. The molecular weight excluding hydrogens is 172 g/mol. The first-order valence-electron chi connectivity index (χ1n) is 2.53. The lowest BCUT2D eigenvalue weighted by atomic mass is 10.6. The maximum absolute atomic E-state index is 10.5. The molecule has 0 bridgehead atoms. The van der Waals surface area contributed by atoms with E-state index in [9.17, 15) is 4.79 Å². The molecule has 0 fully saturated rings. The van der Waals surface area contributed by atoms with Crippen LogP contribution in [0.25, 0.3) is 0 Å². The first-order valence-corrected chi connectivity index (χ1v) is 2.53. The van der Waals surface area contributed by atoms with Crippen LogP contribution in [-0.2, 0) is 11.3 Å². The molecule has 8 heteroatoms. The van der Waals surface area contributed by atoms with Gasteiger partial charge in [-0.25, -0.2) is 10.5 Å². The third-order valence-corrected chi connectivity index (χ3v) is 0.858. The Morgan fingerprint density at radius 3 is 2.91 bits per heavy atom. The molecule has 0 aromatic carbocycles. The highest BCUT2D eigenvalue weighted by molar-refractivity contribution is 5.85. The van der Waals surface area contributed by atoms with E-state index >= 15 is 0 Å². The van der Waals surface area contributed by atoms with Gasteiger partial charge in [-0.1, -0.05) is 0 Å². The summed E-state index contributed by atoms with van der Waals surface area (Å²) in [6, 6.07) is 0. The van der Waals surface area contributed by atoms with Gasteiger partial charge in [-0.05, 0) is 10.4 Å². The van der Waals surface area contributed by atoms with Crippen LogP contribution in [0.1, 0.15) is 0 Å². The van der Waals surface area contributed by atoms with E-state index in [1.54, 1.807) is 0 Å². The molecular formula is C3H7ClN6O. The lowest BCUT2D eigenvalue weighted by Crippen LogP contribution is -2.33. The summed E-state index contributed by atoms with van der Waals surface area (Å²) in [5.41, 5.74) is 1.95. The normalized spacial score (nSPS) is 8.45. The zero-order valence-electron chi connectivity index (χ0n) is 5.47. The van der Waals surface area contributed by atoms with Crippen LogP contribution in [0.2, 0.25) is 0 Å². The molecule has 1 amide bonds. The van der Waals surface area contributed by atoms with Crippen LogP contribution < -0.4 is 11.3 Å². The number of aromatic nitrogens is 4. The third-order valence-electron chi connectivity index (χ3n) is 0.858. The minimum Gasteiger partial charge on any atom is -0.293 e. The number of amides is 1. The minimum atomic E-state index is -0.340. The number of halogens is 1. The summed E-state index contributed by atoms with van der Waals surface area (Å²) in [5.74, 6) is 4.47. The third kappa shape index (κ3) is 2.92. The van der Waals surface area contributed by atoms with Gasteiger partial charge >= 0.3 is 0 Å². The van der Waals surface area contributed by atoms with E-state index in [-0.39, 0.29) is 24.9 Å². The van der Waals surface area contributed by atoms with E-state index < -0.39 is 0 Å². The molecule has 0 saturated carbocycles. The Morgan fingerprint density at radius 1 is 1.73 bits per heavy atom. The maximum Gasteiger partial charge on any atom is 0.255 e. The van der Waals surface area contributed by atoms with Crippen LogP contribution in [0.3, 0.4) is 0 Å². The molecule has 0 aliphatic carbocycles. The van der Waals surface area contributed by atoms with Crippen molar-refractivity contribution in [2.75, 3.05) is 0 Å². The highest BCUT2D eigenvalue weighted by Gasteiger charge is 1.98. The summed E-state index contributed by atoms with van der Waals surface area (Å²) in [6.07, 6.45) is 1.33. The monoisotopic (exact) mass is 178 g/mol. The van der Waals surface area contributed by atoms with Gasteiger partial charge in [0.05, 0.1) is 0 Å². The van der Waals surface area contributed by atoms with E-state index in [1.807, 2.05) is 5.43 Å². The van der Waals surface area contributed by atoms with Gasteiger partial charge in [-0.2, -0.15) is 0 Å². The minimum absolute atomic E-state index is 0. The molecule has 0 atom stereocenters. The van der Waals surface area contributed by atoms with Crippen LogP contribution >= 0.6 is 12.4 Å². The van der Waals surface area contributed by atoms with Gasteiger partial charge in [0.15, 0.2) is 0 Å². The van der Waals surface area contributed by atoms with E-state index in [0.29, 0.717) is 0 Å². The number of carbonyl (C=O) groups excluding carboxylic acids is 1. The van der Waals surface area contributed by atoms with Gasteiger partial charge in [0.25, 0.3) is 5.91 Å². The number of carbonyl (C=O) groups is 1. The smallest absolute Gasteiger partial charge is 0.255 e. The van der Waals surface area contributed by atoms with E-state index in [2.05, 4.69) is 15.5 Å². The van der Waals surface area contributed by atoms with Crippen LogP contribution in [0.4, 0.5) is 0 Å². The molecule has 0 saturated heterocycles. The van der Waals surface area contributed by atoms with Gasteiger partial charge < -0.3 is 0 Å². The molecule has 1 aromatic rings. The van der Waals surface area contributed by atoms with Crippen molar-refractivity contribution in [2.45, 2.75) is 6.54 Å². The summed E-state index contributed by atoms with van der Waals surface area (Å²) in [7, 11) is 0. The second-order valence-corrected chi connectivity index (χ2v) is 1.57. The number of tetrazole rings is 1. The first kappa shape index (κ1) is 9.79. The Morgan fingerprint density at radius 2 is 2.45 bits per heavy atom. The molecule has 11 heavy (non-hydrogen) atoms. The summed E-state index contributed by atoms with van der Waals surface area (Å²) in [4.78, 5) is 10.5. The predicted octanol–water partition coefficient (Wildman–Crippen LogP) is -1.92. The highest BCUT2D eigenvalue weighted by Crippen LogP contribution is 1.74. The number of nitrogens with one attached hydrogen (secondary N) is 1. The first-order chi connectivity index (χ1) is 4.83. The summed E-state index contributed by atoms with van der Waals surface area (Å²) < 4.78 is 1.27. The number of nitrogens with zero attached hydrogens (tertiary/aromatic N) is 4. The molecule has 1 heterocycles. The van der Waals surface area contributed by atoms with Crippen molar-refractivity contribution < 1.29 is 4.79 Å². The SMILES string of the molecule is Cl.NNC(=O)Cn1cnnn1. The lowest BCUT2D eigenvalue weighted by Gasteiger charge is -1.95. The second-order valence-electron chi connectivity index (χ2n) is 1.57. The summed E-state index contributed by atoms with van der Waals surface area (Å²) in [5, 5.41) is 10.1. The van der Waals surface area contributed by atoms with Crippen molar-refractivity contribution >= 4 is 18.3 Å². The highest BCUT2D eigenvalue weighted by atomic mass is 35.5. The van der Waals surface area contributed by atoms with Crippen molar-refractivity contribution in [3.8, 4) is 0 Å². The van der Waals surface area contributed by atoms with E-state index in [1.165, 1.54) is 11.0 Å². The number of rotatable bonds is 2. The van der Waals surface area contributed by atoms with Crippen molar-refractivity contribution in [1.29, 1.82) is 0 Å². The van der Waals surface area contributed by atoms with Crippen LogP contribution in [0.5, 0.6) is 0 Å². The molecule has 0 aliphatic rings. The van der Waals surface area contributed by atoms with Crippen LogP contribution in [0, 0.1) is 0 Å². The predicted molar refractivity (Wildman–Crippen MR) is 37.4 cm³/mol. The molecule has 7 nitrogen and oxygen atoms in total. The van der Waals surface area contributed by atoms with Crippen LogP contribution in [0.15, 0.2) is 6.33 Å². The fraction of sp³-hybridized carbons (Fsp3) is 0.333. The maximum atomic E-state index is 10.5. The fourth-order valence-electron chi connectivity index (χ4n) is 0.445. The average molecular weight is 179 g/mol. The molecule has 0 spiro atoms. The molecule has 0 aliphatic heterocycles. The van der Waals surface area contributed by atoms with Crippen molar-refractivity contribution in [2.24, 2.45) is 5.84 Å². The Kier molecular flexibility index (Phi) is 4.08. The fourth-order valence-corrected chi connectivity index (χ4v) is 0.445. The molecule has 1 aromatic heterocycles. The molecule has 0 radical (unpaired) electrons. The van der Waals surface area contributed by atoms with E-state index in [0.717, 1.165) is 0 Å². The quantitative estimate of drug-likeness (QED) is 0.313. The molecule has 1 rings (SSSR count). The lowest BCUT2D eigenvalue weighted by molar-refractivity contribution is -0.121. The van der Waals surface area contributed by atoms with Crippen LogP contribution in [-0.4, -0.2) is 26.1 Å². The topological polar surface area (TPSA) is 98.7 Å². The zero-order valence-corrected chi connectivity index (χ0v) is 6.28. The zero-order chi connectivity index (χ0) is 7.40. The van der Waals surface area contributed by atoms with Crippen molar-refractivity contribution in [3.63, 3.8) is 0 Å². The number of nitrogens with two attached hydrogens (primary N) is 1. The van der Waals surface area contributed by atoms with Crippen molar-refractivity contribution in [1.82, 2.24) is 25.6 Å². The largest absolute Gasteiger partial charge is 0.293 e. The summed E-state index contributed by atoms with van der Waals surface area (Å²) in [6.45, 7) is 0.0451. The number of hydrazine groups is 1. The Hall–Kier alpha value is -1.21. The van der Waals surface area contributed by atoms with Gasteiger partial charge in [0.2, 0.25) is 0 Å². The standard InChI is InChI=1S/C3H6N6O.ClH/c4-6-3(10)1-9-2-5-7-8-9;/h2H,1,4H2,(H,6,10);1H. The van der Waals surface area contributed by atoms with Gasteiger partial charge in [0, 0.05) is 0 Å². The molecule has 3 N–H and O–H groups in total.